The first-order valence-corrected chi connectivity index (χ1v) is 11.4. The first-order chi connectivity index (χ1) is 16.0. The average Bonchev–Trinajstić information content (AvgIpc) is 3.13. The van der Waals surface area contributed by atoms with E-state index < -0.39 is 6.10 Å². The van der Waals surface area contributed by atoms with Gasteiger partial charge in [0.15, 0.2) is 0 Å². The lowest BCUT2D eigenvalue weighted by Gasteiger charge is -2.25. The lowest BCUT2D eigenvalue weighted by molar-refractivity contribution is 0.0148. The monoisotopic (exact) mass is 473 g/mol. The second-order valence-corrected chi connectivity index (χ2v) is 8.16. The van der Waals surface area contributed by atoms with Crippen LogP contribution < -0.4 is 4.74 Å². The Morgan fingerprint density at radius 1 is 1.12 bits per heavy atom. The fourth-order valence-corrected chi connectivity index (χ4v) is 3.67. The number of rotatable bonds is 13. The van der Waals surface area contributed by atoms with E-state index in [1.807, 2.05) is 56.4 Å². The van der Waals surface area contributed by atoms with Crippen molar-refractivity contribution in [2.45, 2.75) is 19.6 Å². The van der Waals surface area contributed by atoms with Crippen LogP contribution in [0.4, 0.5) is 0 Å². The summed E-state index contributed by atoms with van der Waals surface area (Å²) in [6.45, 7) is 4.90. The van der Waals surface area contributed by atoms with Gasteiger partial charge < -0.3 is 19.3 Å². The molecular formula is C25H32ClN3O4. The highest BCUT2D eigenvalue weighted by Gasteiger charge is 2.23. The van der Waals surface area contributed by atoms with Crippen molar-refractivity contribution in [3.8, 4) is 22.9 Å². The van der Waals surface area contributed by atoms with Gasteiger partial charge in [-0.2, -0.15) is 5.10 Å². The number of benzene rings is 2. The summed E-state index contributed by atoms with van der Waals surface area (Å²) < 4.78 is 18.7. The number of hydrogen-bond donors (Lipinski definition) is 1. The Kier molecular flexibility index (Phi) is 9.72. The minimum Gasteiger partial charge on any atom is -0.439 e. The minimum absolute atomic E-state index is 0.284. The van der Waals surface area contributed by atoms with Crippen molar-refractivity contribution < 1.29 is 19.3 Å². The zero-order chi connectivity index (χ0) is 23.6. The second kappa shape index (κ2) is 12.7. The Morgan fingerprint density at radius 2 is 1.85 bits per heavy atom. The summed E-state index contributed by atoms with van der Waals surface area (Å²) in [5, 5.41) is 15.9. The fourth-order valence-electron chi connectivity index (χ4n) is 3.55. The Bertz CT molecular complexity index is 979. The molecule has 0 spiro atoms. The molecule has 0 saturated heterocycles. The summed E-state index contributed by atoms with van der Waals surface area (Å²) in [6, 6.07) is 17.3. The summed E-state index contributed by atoms with van der Waals surface area (Å²) in [7, 11) is 3.54. The lowest BCUT2D eigenvalue weighted by atomic mass is 10.1. The van der Waals surface area contributed by atoms with Crippen molar-refractivity contribution in [3.05, 3.63) is 65.2 Å². The van der Waals surface area contributed by atoms with Crippen LogP contribution in [0.5, 0.6) is 11.6 Å². The van der Waals surface area contributed by atoms with Crippen LogP contribution in [0.25, 0.3) is 11.3 Å². The molecular weight excluding hydrogens is 442 g/mol. The van der Waals surface area contributed by atoms with Crippen molar-refractivity contribution in [2.24, 2.45) is 7.05 Å². The van der Waals surface area contributed by atoms with Crippen LogP contribution in [-0.2, 0) is 23.1 Å². The summed E-state index contributed by atoms with van der Waals surface area (Å²) in [5.41, 5.74) is 2.76. The Morgan fingerprint density at radius 3 is 2.52 bits per heavy atom. The van der Waals surface area contributed by atoms with E-state index in [0.717, 1.165) is 16.8 Å². The van der Waals surface area contributed by atoms with E-state index in [-0.39, 0.29) is 6.61 Å². The quantitative estimate of drug-likeness (QED) is 0.397. The molecule has 1 unspecified atom stereocenters. The third kappa shape index (κ3) is 7.28. The summed E-state index contributed by atoms with van der Waals surface area (Å²) in [5.74, 6) is 1.31. The molecule has 0 aliphatic heterocycles. The van der Waals surface area contributed by atoms with E-state index in [2.05, 4.69) is 4.90 Å². The Labute approximate surface area is 200 Å². The molecule has 1 atom stereocenters. The fraction of sp³-hybridized carbons (Fsp3) is 0.400. The predicted octanol–water partition coefficient (Wildman–Crippen LogP) is 4.38. The van der Waals surface area contributed by atoms with E-state index in [1.165, 1.54) is 0 Å². The third-order valence-electron chi connectivity index (χ3n) is 5.14. The predicted molar refractivity (Wildman–Crippen MR) is 130 cm³/mol. The van der Waals surface area contributed by atoms with Crippen LogP contribution >= 0.6 is 11.6 Å². The molecule has 0 aliphatic carbocycles. The molecule has 2 aromatic carbocycles. The summed E-state index contributed by atoms with van der Waals surface area (Å²) in [4.78, 5) is 2.13. The third-order valence-corrected chi connectivity index (χ3v) is 5.39. The number of aryl methyl sites for hydroxylation is 1. The van der Waals surface area contributed by atoms with E-state index in [9.17, 15) is 5.11 Å². The standard InChI is InChI=1S/C25H32ClN3O4/c1-4-32-18-21(30)16-29(14-15-31-3)17-23-24(19-8-6-5-7-9-19)27-28(2)25(23)33-22-12-10-20(26)11-13-22/h5-13,21,30H,4,14-18H2,1-3H3. The van der Waals surface area contributed by atoms with Gasteiger partial charge in [0.1, 0.15) is 11.4 Å². The Hall–Kier alpha value is -2.42. The SMILES string of the molecule is CCOCC(O)CN(CCOC)Cc1c(-c2ccccc2)nn(C)c1Oc1ccc(Cl)cc1. The highest BCUT2D eigenvalue weighted by Crippen LogP contribution is 2.34. The number of ether oxygens (including phenoxy) is 3. The molecule has 0 aliphatic rings. The van der Waals surface area contributed by atoms with Crippen molar-refractivity contribution in [1.82, 2.24) is 14.7 Å². The molecule has 7 nitrogen and oxygen atoms in total. The van der Waals surface area contributed by atoms with Gasteiger partial charge in [0.05, 0.1) is 24.9 Å². The molecule has 0 radical (unpaired) electrons. The van der Waals surface area contributed by atoms with Crippen LogP contribution in [0.2, 0.25) is 5.02 Å². The molecule has 33 heavy (non-hydrogen) atoms. The minimum atomic E-state index is -0.612. The highest BCUT2D eigenvalue weighted by molar-refractivity contribution is 6.30. The molecule has 8 heteroatoms. The first-order valence-electron chi connectivity index (χ1n) is 11.0. The number of aliphatic hydroxyl groups is 1. The molecule has 1 aromatic heterocycles. The topological polar surface area (TPSA) is 69.0 Å². The normalized spacial score (nSPS) is 12.3. The maximum Gasteiger partial charge on any atom is 0.222 e. The van der Waals surface area contributed by atoms with Crippen LogP contribution in [0.1, 0.15) is 12.5 Å². The molecule has 3 aromatic rings. The zero-order valence-corrected chi connectivity index (χ0v) is 20.2. The molecule has 178 valence electrons. The molecule has 0 saturated carbocycles. The van der Waals surface area contributed by atoms with Gasteiger partial charge in [-0.05, 0) is 31.2 Å². The molecule has 0 bridgehead atoms. The first kappa shape index (κ1) is 25.2. The van der Waals surface area contributed by atoms with Gasteiger partial charge >= 0.3 is 0 Å². The van der Waals surface area contributed by atoms with E-state index >= 15 is 0 Å². The number of aromatic nitrogens is 2. The number of aliphatic hydroxyl groups excluding tert-OH is 1. The van der Waals surface area contributed by atoms with Gasteiger partial charge in [-0.15, -0.1) is 0 Å². The average molecular weight is 474 g/mol. The lowest BCUT2D eigenvalue weighted by Crippen LogP contribution is -2.36. The number of methoxy groups -OCH3 is 1. The van der Waals surface area contributed by atoms with Crippen LogP contribution in [0.3, 0.4) is 0 Å². The zero-order valence-electron chi connectivity index (χ0n) is 19.4. The van der Waals surface area contributed by atoms with Crippen molar-refractivity contribution in [1.29, 1.82) is 0 Å². The summed E-state index contributed by atoms with van der Waals surface area (Å²) >= 11 is 6.04. The van der Waals surface area contributed by atoms with E-state index in [4.69, 9.17) is 30.9 Å². The number of nitrogens with zero attached hydrogens (tertiary/aromatic N) is 3. The van der Waals surface area contributed by atoms with Gasteiger partial charge in [0, 0.05) is 51.0 Å². The van der Waals surface area contributed by atoms with E-state index in [1.54, 1.807) is 23.9 Å². The van der Waals surface area contributed by atoms with Crippen LogP contribution in [-0.4, -0.2) is 65.9 Å². The second-order valence-electron chi connectivity index (χ2n) is 7.72. The van der Waals surface area contributed by atoms with Gasteiger partial charge in [0.2, 0.25) is 5.88 Å². The van der Waals surface area contributed by atoms with Crippen molar-refractivity contribution >= 4 is 11.6 Å². The van der Waals surface area contributed by atoms with Crippen molar-refractivity contribution in [2.75, 3.05) is 40.0 Å². The highest BCUT2D eigenvalue weighted by atomic mass is 35.5. The molecule has 0 fully saturated rings. The maximum absolute atomic E-state index is 10.5. The summed E-state index contributed by atoms with van der Waals surface area (Å²) in [6.07, 6.45) is -0.612. The van der Waals surface area contributed by atoms with Gasteiger partial charge in [-0.1, -0.05) is 41.9 Å². The van der Waals surface area contributed by atoms with Crippen molar-refractivity contribution in [3.63, 3.8) is 0 Å². The van der Waals surface area contributed by atoms with Crippen LogP contribution in [0, 0.1) is 0 Å². The molecule has 0 amide bonds. The molecule has 1 N–H and O–H groups in total. The van der Waals surface area contributed by atoms with Gasteiger partial charge in [0.25, 0.3) is 0 Å². The van der Waals surface area contributed by atoms with Gasteiger partial charge in [-0.3, -0.25) is 4.90 Å². The molecule has 1 heterocycles. The maximum atomic E-state index is 10.5. The van der Waals surface area contributed by atoms with Gasteiger partial charge in [-0.25, -0.2) is 4.68 Å². The number of hydrogen-bond acceptors (Lipinski definition) is 6. The Balaban J connectivity index is 1.95. The largest absolute Gasteiger partial charge is 0.439 e. The molecule has 3 rings (SSSR count). The number of halogens is 1. The van der Waals surface area contributed by atoms with E-state index in [0.29, 0.717) is 49.5 Å². The van der Waals surface area contributed by atoms with Crippen LogP contribution in [0.15, 0.2) is 54.6 Å². The smallest absolute Gasteiger partial charge is 0.222 e.